The van der Waals surface area contributed by atoms with Crippen LogP contribution in [-0.4, -0.2) is 25.2 Å². The van der Waals surface area contributed by atoms with Gasteiger partial charge >= 0.3 is 0 Å². The number of rotatable bonds is 5. The fourth-order valence-corrected chi connectivity index (χ4v) is 3.44. The van der Waals surface area contributed by atoms with Crippen molar-refractivity contribution in [1.29, 1.82) is 0 Å². The number of aryl methyl sites for hydroxylation is 1. The summed E-state index contributed by atoms with van der Waals surface area (Å²) in [5.74, 6) is 2.18. The van der Waals surface area contributed by atoms with Gasteiger partial charge in [-0.3, -0.25) is 4.79 Å². The molecular weight excluding hydrogens is 342 g/mol. The van der Waals surface area contributed by atoms with Crippen LogP contribution in [0.15, 0.2) is 36.4 Å². The lowest BCUT2D eigenvalue weighted by Crippen LogP contribution is -2.41. The molecule has 27 heavy (non-hydrogen) atoms. The fourth-order valence-electron chi connectivity index (χ4n) is 3.44. The van der Waals surface area contributed by atoms with Gasteiger partial charge in [-0.2, -0.15) is 0 Å². The van der Waals surface area contributed by atoms with Crippen LogP contribution in [0.2, 0.25) is 0 Å². The lowest BCUT2D eigenvalue weighted by molar-refractivity contribution is 0.0617. The van der Waals surface area contributed by atoms with E-state index in [0.717, 1.165) is 28.4 Å². The van der Waals surface area contributed by atoms with Gasteiger partial charge in [-0.05, 0) is 63.6 Å². The zero-order chi connectivity index (χ0) is 19.6. The molecule has 1 atom stereocenters. The maximum atomic E-state index is 12.9. The van der Waals surface area contributed by atoms with E-state index in [9.17, 15) is 4.79 Å². The van der Waals surface area contributed by atoms with Crippen molar-refractivity contribution in [2.75, 3.05) is 13.7 Å². The summed E-state index contributed by atoms with van der Waals surface area (Å²) in [5, 5.41) is 3.16. The second-order valence-corrected chi connectivity index (χ2v) is 7.41. The van der Waals surface area contributed by atoms with E-state index >= 15 is 0 Å². The number of amides is 1. The Kier molecular flexibility index (Phi) is 5.31. The topological polar surface area (TPSA) is 56.8 Å². The van der Waals surface area contributed by atoms with Crippen LogP contribution in [0.3, 0.4) is 0 Å². The number of methoxy groups -OCH3 is 1. The summed E-state index contributed by atoms with van der Waals surface area (Å²) in [4.78, 5) is 12.9. The van der Waals surface area contributed by atoms with Crippen molar-refractivity contribution in [2.24, 2.45) is 0 Å². The molecule has 1 aliphatic heterocycles. The van der Waals surface area contributed by atoms with Crippen LogP contribution in [0, 0.1) is 6.92 Å². The molecule has 1 aliphatic rings. The molecule has 0 unspecified atom stereocenters. The van der Waals surface area contributed by atoms with Crippen LogP contribution in [0.4, 0.5) is 0 Å². The first-order valence-corrected chi connectivity index (χ1v) is 9.24. The molecule has 0 radical (unpaired) electrons. The van der Waals surface area contributed by atoms with Crippen LogP contribution in [0.1, 0.15) is 54.7 Å². The predicted octanol–water partition coefficient (Wildman–Crippen LogP) is 4.43. The van der Waals surface area contributed by atoms with Gasteiger partial charge in [0.05, 0.1) is 19.8 Å². The first-order valence-electron chi connectivity index (χ1n) is 9.24. The van der Waals surface area contributed by atoms with Gasteiger partial charge in [0.2, 0.25) is 0 Å². The molecule has 0 aliphatic carbocycles. The average molecular weight is 369 g/mol. The molecule has 2 aromatic rings. The fraction of sp³-hybridized carbons (Fsp3) is 0.409. The Morgan fingerprint density at radius 1 is 1.26 bits per heavy atom. The van der Waals surface area contributed by atoms with E-state index in [-0.39, 0.29) is 17.6 Å². The number of benzene rings is 2. The minimum absolute atomic E-state index is 0.106. The Hall–Kier alpha value is -2.69. The molecule has 0 saturated heterocycles. The molecule has 0 aromatic heterocycles. The Morgan fingerprint density at radius 2 is 2.04 bits per heavy atom. The van der Waals surface area contributed by atoms with Crippen molar-refractivity contribution >= 4 is 5.91 Å². The molecule has 0 fully saturated rings. The van der Waals surface area contributed by atoms with Crippen LogP contribution < -0.4 is 19.5 Å². The zero-order valence-electron chi connectivity index (χ0n) is 16.6. The largest absolute Gasteiger partial charge is 0.497 e. The van der Waals surface area contributed by atoms with Crippen LogP contribution in [0.5, 0.6) is 17.2 Å². The van der Waals surface area contributed by atoms with Crippen molar-refractivity contribution in [2.45, 2.75) is 45.8 Å². The molecule has 0 saturated carbocycles. The third kappa shape index (κ3) is 4.18. The molecule has 0 spiro atoms. The number of carbonyl (C=O) groups is 1. The smallest absolute Gasteiger partial charge is 0.251 e. The first kappa shape index (κ1) is 19.1. The first-order chi connectivity index (χ1) is 12.8. The number of hydrogen-bond acceptors (Lipinski definition) is 4. The Balaban J connectivity index is 1.84. The van der Waals surface area contributed by atoms with E-state index in [1.54, 1.807) is 13.2 Å². The molecule has 0 bridgehead atoms. The minimum Gasteiger partial charge on any atom is -0.497 e. The van der Waals surface area contributed by atoms with Crippen molar-refractivity contribution in [3.8, 4) is 17.2 Å². The maximum absolute atomic E-state index is 12.9. The molecule has 1 heterocycles. The van der Waals surface area contributed by atoms with Gasteiger partial charge in [0, 0.05) is 23.6 Å². The predicted molar refractivity (Wildman–Crippen MR) is 105 cm³/mol. The summed E-state index contributed by atoms with van der Waals surface area (Å²) >= 11 is 0. The normalized spacial score (nSPS) is 17.4. The Bertz CT molecular complexity index is 844. The summed E-state index contributed by atoms with van der Waals surface area (Å²) < 4.78 is 16.9. The standard InChI is InChI=1S/C22H27NO4/c1-6-26-19-10-7-15(11-14(19)2)21(24)23-18-13-22(3,4)27-20-12-16(25-5)8-9-17(18)20/h7-12,18H,6,13H2,1-5H3,(H,23,24)/t18-/m0/s1. The van der Waals surface area contributed by atoms with E-state index in [4.69, 9.17) is 14.2 Å². The molecule has 1 amide bonds. The zero-order valence-corrected chi connectivity index (χ0v) is 16.6. The van der Waals surface area contributed by atoms with Crippen molar-refractivity contribution < 1.29 is 19.0 Å². The maximum Gasteiger partial charge on any atom is 0.251 e. The number of ether oxygens (including phenoxy) is 3. The summed E-state index contributed by atoms with van der Waals surface area (Å²) in [6.45, 7) is 8.54. The molecule has 144 valence electrons. The summed E-state index contributed by atoms with van der Waals surface area (Å²) in [6, 6.07) is 11.1. The van der Waals surface area contributed by atoms with Gasteiger partial charge in [0.15, 0.2) is 0 Å². The second kappa shape index (κ2) is 7.51. The van der Waals surface area contributed by atoms with Gasteiger partial charge in [-0.15, -0.1) is 0 Å². The number of fused-ring (bicyclic) bond motifs is 1. The molecule has 2 aromatic carbocycles. The van der Waals surface area contributed by atoms with E-state index in [1.165, 1.54) is 0 Å². The quantitative estimate of drug-likeness (QED) is 0.847. The van der Waals surface area contributed by atoms with Crippen LogP contribution in [-0.2, 0) is 0 Å². The van der Waals surface area contributed by atoms with Gasteiger partial charge in [0.1, 0.15) is 22.8 Å². The van der Waals surface area contributed by atoms with E-state index in [0.29, 0.717) is 18.6 Å². The van der Waals surface area contributed by atoms with E-state index < -0.39 is 0 Å². The van der Waals surface area contributed by atoms with E-state index in [1.807, 2.05) is 58.0 Å². The molecule has 5 nitrogen and oxygen atoms in total. The van der Waals surface area contributed by atoms with Crippen molar-refractivity contribution in [1.82, 2.24) is 5.32 Å². The minimum atomic E-state index is -0.383. The third-order valence-corrected chi connectivity index (χ3v) is 4.72. The molecule has 3 rings (SSSR count). The monoisotopic (exact) mass is 369 g/mol. The summed E-state index contributed by atoms with van der Waals surface area (Å²) in [7, 11) is 1.63. The molecule has 5 heteroatoms. The van der Waals surface area contributed by atoms with Gasteiger partial charge < -0.3 is 19.5 Å². The SMILES string of the molecule is CCOc1ccc(C(=O)N[C@H]2CC(C)(C)Oc3cc(OC)ccc32)cc1C. The highest BCUT2D eigenvalue weighted by Crippen LogP contribution is 2.41. The number of nitrogens with one attached hydrogen (secondary N) is 1. The van der Waals surface area contributed by atoms with Crippen LogP contribution in [0.25, 0.3) is 0 Å². The summed E-state index contributed by atoms with van der Waals surface area (Å²) in [6.07, 6.45) is 0.689. The Morgan fingerprint density at radius 3 is 2.70 bits per heavy atom. The highest BCUT2D eigenvalue weighted by Gasteiger charge is 2.35. The highest BCUT2D eigenvalue weighted by atomic mass is 16.5. The Labute approximate surface area is 160 Å². The van der Waals surface area contributed by atoms with Crippen molar-refractivity contribution in [3.05, 3.63) is 53.1 Å². The lowest BCUT2D eigenvalue weighted by Gasteiger charge is -2.38. The lowest BCUT2D eigenvalue weighted by atomic mass is 9.89. The van der Waals surface area contributed by atoms with Gasteiger partial charge in [-0.25, -0.2) is 0 Å². The number of carbonyl (C=O) groups excluding carboxylic acids is 1. The molecule has 1 N–H and O–H groups in total. The van der Waals surface area contributed by atoms with Crippen LogP contribution >= 0.6 is 0 Å². The second-order valence-electron chi connectivity index (χ2n) is 7.41. The summed E-state index contributed by atoms with van der Waals surface area (Å²) in [5.41, 5.74) is 2.15. The number of hydrogen-bond donors (Lipinski definition) is 1. The highest BCUT2D eigenvalue weighted by molar-refractivity contribution is 5.95. The van der Waals surface area contributed by atoms with Gasteiger partial charge in [0.25, 0.3) is 5.91 Å². The molecular formula is C22H27NO4. The van der Waals surface area contributed by atoms with E-state index in [2.05, 4.69) is 5.32 Å². The third-order valence-electron chi connectivity index (χ3n) is 4.72. The van der Waals surface area contributed by atoms with Crippen molar-refractivity contribution in [3.63, 3.8) is 0 Å². The van der Waals surface area contributed by atoms with Gasteiger partial charge in [-0.1, -0.05) is 0 Å². The average Bonchev–Trinajstić information content (AvgIpc) is 2.62.